The van der Waals surface area contributed by atoms with Gasteiger partial charge in [0, 0.05) is 13.2 Å². The van der Waals surface area contributed by atoms with Crippen LogP contribution in [0, 0.1) is 0 Å². The third-order valence-corrected chi connectivity index (χ3v) is 2.35. The highest BCUT2D eigenvalue weighted by Crippen LogP contribution is 2.25. The molecule has 0 spiro atoms. The van der Waals surface area contributed by atoms with E-state index < -0.39 is 6.43 Å². The van der Waals surface area contributed by atoms with Gasteiger partial charge in [-0.05, 0) is 22.0 Å². The second-order valence-corrected chi connectivity index (χ2v) is 4.02. The van der Waals surface area contributed by atoms with Gasteiger partial charge in [0.2, 0.25) is 0 Å². The minimum Gasteiger partial charge on any atom is -0.353 e. The number of rotatable bonds is 3. The third-order valence-electron chi connectivity index (χ3n) is 1.56. The summed E-state index contributed by atoms with van der Waals surface area (Å²) in [6.07, 6.45) is -0.965. The number of pyridine rings is 1. The molecule has 78 valence electrons. The molecule has 0 bridgehead atoms. The van der Waals surface area contributed by atoms with Gasteiger partial charge in [-0.25, -0.2) is 13.8 Å². The minimum absolute atomic E-state index is 0.354. The topological polar surface area (TPSA) is 16.1 Å². The van der Waals surface area contributed by atoms with Crippen molar-refractivity contribution < 1.29 is 8.78 Å². The van der Waals surface area contributed by atoms with Crippen molar-refractivity contribution in [2.24, 2.45) is 0 Å². The summed E-state index contributed by atoms with van der Waals surface area (Å²) in [5.41, 5.74) is 0. The molecule has 1 heterocycles. The van der Waals surface area contributed by atoms with Gasteiger partial charge < -0.3 is 4.90 Å². The van der Waals surface area contributed by atoms with E-state index in [0.717, 1.165) is 0 Å². The van der Waals surface area contributed by atoms with Gasteiger partial charge >= 0.3 is 0 Å². The number of halogens is 4. The number of nitrogens with zero attached hydrogens (tertiary/aromatic N) is 2. The molecule has 0 N–H and O–H groups in total. The maximum Gasteiger partial charge on any atom is 0.255 e. The summed E-state index contributed by atoms with van der Waals surface area (Å²) in [7, 11) is 1.55. The van der Waals surface area contributed by atoms with Crippen molar-refractivity contribution in [1.82, 2.24) is 4.98 Å². The zero-order valence-electron chi connectivity index (χ0n) is 7.35. The van der Waals surface area contributed by atoms with Gasteiger partial charge in [0.1, 0.15) is 5.82 Å². The predicted molar refractivity (Wildman–Crippen MR) is 56.2 cm³/mol. The van der Waals surface area contributed by atoms with E-state index in [4.69, 9.17) is 11.6 Å². The molecular weight excluding hydrogens is 277 g/mol. The summed E-state index contributed by atoms with van der Waals surface area (Å²) >= 11 is 8.87. The molecule has 6 heteroatoms. The fourth-order valence-corrected chi connectivity index (χ4v) is 1.92. The fourth-order valence-electron chi connectivity index (χ4n) is 0.982. The Morgan fingerprint density at radius 1 is 1.64 bits per heavy atom. The summed E-state index contributed by atoms with van der Waals surface area (Å²) in [6, 6.07) is 1.62. The van der Waals surface area contributed by atoms with Crippen LogP contribution in [-0.4, -0.2) is 25.0 Å². The van der Waals surface area contributed by atoms with Crippen molar-refractivity contribution in [3.63, 3.8) is 0 Å². The zero-order valence-corrected chi connectivity index (χ0v) is 9.69. The van der Waals surface area contributed by atoms with E-state index in [1.807, 2.05) is 0 Å². The van der Waals surface area contributed by atoms with E-state index in [1.54, 1.807) is 13.1 Å². The first-order chi connectivity index (χ1) is 6.50. The fraction of sp³-hybridized carbons (Fsp3) is 0.375. The Balaban J connectivity index is 2.84. The highest BCUT2D eigenvalue weighted by molar-refractivity contribution is 9.10. The largest absolute Gasteiger partial charge is 0.353 e. The van der Waals surface area contributed by atoms with Crippen LogP contribution in [0.5, 0.6) is 0 Å². The average molecular weight is 286 g/mol. The molecule has 0 aromatic carbocycles. The van der Waals surface area contributed by atoms with E-state index in [9.17, 15) is 8.78 Å². The van der Waals surface area contributed by atoms with Crippen molar-refractivity contribution in [1.29, 1.82) is 0 Å². The van der Waals surface area contributed by atoms with E-state index in [1.165, 1.54) is 11.1 Å². The van der Waals surface area contributed by atoms with Crippen molar-refractivity contribution in [3.05, 3.63) is 21.8 Å². The average Bonchev–Trinajstić information content (AvgIpc) is 2.01. The van der Waals surface area contributed by atoms with Crippen molar-refractivity contribution >= 4 is 33.3 Å². The Bertz CT molecular complexity index is 322. The first-order valence-corrected chi connectivity index (χ1v) is 4.98. The Labute approximate surface area is 94.0 Å². The highest BCUT2D eigenvalue weighted by atomic mass is 79.9. The third kappa shape index (κ3) is 3.06. The lowest BCUT2D eigenvalue weighted by Crippen LogP contribution is -2.25. The standard InChI is InChI=1S/C8H8BrClF2N2/c1-14(4-7(11)12)8-6(9)2-5(10)3-13-8/h2-3,7H,4H2,1H3. The van der Waals surface area contributed by atoms with Gasteiger partial charge in [-0.2, -0.15) is 0 Å². The molecule has 1 aromatic heterocycles. The van der Waals surface area contributed by atoms with Gasteiger partial charge in [0.25, 0.3) is 6.43 Å². The van der Waals surface area contributed by atoms with Crippen LogP contribution in [0.25, 0.3) is 0 Å². The van der Waals surface area contributed by atoms with Crippen molar-refractivity contribution in [2.75, 3.05) is 18.5 Å². The Morgan fingerprint density at radius 2 is 2.29 bits per heavy atom. The molecule has 0 unspecified atom stereocenters. The monoisotopic (exact) mass is 284 g/mol. The van der Waals surface area contributed by atoms with E-state index >= 15 is 0 Å². The molecular formula is C8H8BrClF2N2. The number of alkyl halides is 2. The van der Waals surface area contributed by atoms with Crippen LogP contribution in [0.2, 0.25) is 5.02 Å². The number of hydrogen-bond acceptors (Lipinski definition) is 2. The normalized spacial score (nSPS) is 10.7. The van der Waals surface area contributed by atoms with Crippen LogP contribution in [0.4, 0.5) is 14.6 Å². The maximum absolute atomic E-state index is 12.1. The Hall–Kier alpha value is -0.420. The number of aromatic nitrogens is 1. The Kier molecular flexibility index (Phi) is 4.07. The molecule has 0 amide bonds. The molecule has 1 rings (SSSR count). The molecule has 0 saturated heterocycles. The molecule has 0 radical (unpaired) electrons. The molecule has 0 fully saturated rings. The smallest absolute Gasteiger partial charge is 0.255 e. The summed E-state index contributed by atoms with van der Waals surface area (Å²) in [6.45, 7) is -0.354. The van der Waals surface area contributed by atoms with Crippen molar-refractivity contribution in [3.8, 4) is 0 Å². The summed E-state index contributed by atoms with van der Waals surface area (Å²) in [4.78, 5) is 5.31. The zero-order chi connectivity index (χ0) is 10.7. The maximum atomic E-state index is 12.1. The molecule has 0 aliphatic carbocycles. The summed E-state index contributed by atoms with van der Waals surface area (Å²) in [5, 5.41) is 0.464. The molecule has 0 atom stereocenters. The van der Waals surface area contributed by atoms with Gasteiger partial charge in [-0.15, -0.1) is 0 Å². The van der Waals surface area contributed by atoms with Gasteiger partial charge in [-0.3, -0.25) is 0 Å². The van der Waals surface area contributed by atoms with Gasteiger partial charge in [0.05, 0.1) is 16.0 Å². The SMILES string of the molecule is CN(CC(F)F)c1ncc(Cl)cc1Br. The number of hydrogen-bond donors (Lipinski definition) is 0. The predicted octanol–water partition coefficient (Wildman–Crippen LogP) is 3.20. The Morgan fingerprint density at radius 3 is 2.79 bits per heavy atom. The second kappa shape index (κ2) is 4.89. The summed E-state index contributed by atoms with van der Waals surface area (Å²) < 4.78 is 24.7. The first-order valence-electron chi connectivity index (χ1n) is 3.81. The van der Waals surface area contributed by atoms with E-state index in [0.29, 0.717) is 15.3 Å². The van der Waals surface area contributed by atoms with Gasteiger partial charge in [-0.1, -0.05) is 11.6 Å². The van der Waals surface area contributed by atoms with Crippen LogP contribution < -0.4 is 4.90 Å². The second-order valence-electron chi connectivity index (χ2n) is 2.73. The number of anilines is 1. The van der Waals surface area contributed by atoms with Crippen LogP contribution >= 0.6 is 27.5 Å². The first kappa shape index (κ1) is 11.7. The lowest BCUT2D eigenvalue weighted by atomic mass is 10.4. The molecule has 1 aromatic rings. The molecule has 14 heavy (non-hydrogen) atoms. The summed E-state index contributed by atoms with van der Waals surface area (Å²) in [5.74, 6) is 0.453. The van der Waals surface area contributed by atoms with Crippen LogP contribution in [0.1, 0.15) is 0 Å². The highest BCUT2D eigenvalue weighted by Gasteiger charge is 2.12. The quantitative estimate of drug-likeness (QED) is 0.848. The lowest BCUT2D eigenvalue weighted by Gasteiger charge is -2.18. The van der Waals surface area contributed by atoms with E-state index in [-0.39, 0.29) is 6.54 Å². The van der Waals surface area contributed by atoms with Crippen LogP contribution in [0.3, 0.4) is 0 Å². The lowest BCUT2D eigenvalue weighted by molar-refractivity contribution is 0.156. The minimum atomic E-state index is -2.38. The molecule has 0 saturated carbocycles. The molecule has 2 nitrogen and oxygen atoms in total. The molecule has 0 aliphatic heterocycles. The van der Waals surface area contributed by atoms with Crippen molar-refractivity contribution in [2.45, 2.75) is 6.43 Å². The van der Waals surface area contributed by atoms with Gasteiger partial charge in [0.15, 0.2) is 0 Å². The molecule has 0 aliphatic rings. The van der Waals surface area contributed by atoms with E-state index in [2.05, 4.69) is 20.9 Å². The van der Waals surface area contributed by atoms with Crippen LogP contribution in [0.15, 0.2) is 16.7 Å². The van der Waals surface area contributed by atoms with Crippen LogP contribution in [-0.2, 0) is 0 Å².